The van der Waals surface area contributed by atoms with Gasteiger partial charge in [0.15, 0.2) is 0 Å². The molecule has 1 aliphatic rings. The third kappa shape index (κ3) is 3.47. The number of hydrogen-bond acceptors (Lipinski definition) is 3. The van der Waals surface area contributed by atoms with Crippen LogP contribution >= 0.6 is 0 Å². The van der Waals surface area contributed by atoms with Gasteiger partial charge in [0, 0.05) is 19.5 Å². The standard InChI is InChI=1S/C15H18N2O2/c1-19-14-4-2-3-12(9-14)7-8-17-11-13(10-16)5-6-15(17)18/h2-4,9,13H,5-8,11H2,1H3. The van der Waals surface area contributed by atoms with Crippen LogP contribution in [0.1, 0.15) is 18.4 Å². The number of benzene rings is 1. The largest absolute Gasteiger partial charge is 0.497 e. The Labute approximate surface area is 113 Å². The SMILES string of the molecule is COc1cccc(CCN2CC(C#N)CCC2=O)c1. The highest BCUT2D eigenvalue weighted by molar-refractivity contribution is 5.77. The number of nitriles is 1. The smallest absolute Gasteiger partial charge is 0.222 e. The van der Waals surface area contributed by atoms with Crippen molar-refractivity contribution in [3.05, 3.63) is 29.8 Å². The van der Waals surface area contributed by atoms with Crippen molar-refractivity contribution in [2.45, 2.75) is 19.3 Å². The first-order valence-corrected chi connectivity index (χ1v) is 6.53. The van der Waals surface area contributed by atoms with Gasteiger partial charge in [-0.05, 0) is 30.5 Å². The molecule has 0 saturated carbocycles. The topological polar surface area (TPSA) is 53.3 Å². The zero-order chi connectivity index (χ0) is 13.7. The summed E-state index contributed by atoms with van der Waals surface area (Å²) in [4.78, 5) is 13.6. The Morgan fingerprint density at radius 2 is 2.37 bits per heavy atom. The van der Waals surface area contributed by atoms with Crippen molar-refractivity contribution < 1.29 is 9.53 Å². The van der Waals surface area contributed by atoms with Crippen LogP contribution in [0.15, 0.2) is 24.3 Å². The quantitative estimate of drug-likeness (QED) is 0.830. The molecule has 1 heterocycles. The molecule has 100 valence electrons. The maximum atomic E-state index is 11.8. The van der Waals surface area contributed by atoms with Gasteiger partial charge in [-0.2, -0.15) is 5.26 Å². The highest BCUT2D eigenvalue weighted by Gasteiger charge is 2.24. The van der Waals surface area contributed by atoms with E-state index >= 15 is 0 Å². The number of hydrogen-bond donors (Lipinski definition) is 0. The Bertz CT molecular complexity index is 493. The van der Waals surface area contributed by atoms with Crippen LogP contribution in [-0.4, -0.2) is 31.0 Å². The van der Waals surface area contributed by atoms with E-state index in [0.717, 1.165) is 17.7 Å². The van der Waals surface area contributed by atoms with Gasteiger partial charge in [0.05, 0.1) is 19.1 Å². The fourth-order valence-corrected chi connectivity index (χ4v) is 2.33. The van der Waals surface area contributed by atoms with Gasteiger partial charge < -0.3 is 9.64 Å². The Balaban J connectivity index is 1.93. The number of ether oxygens (including phenoxy) is 1. The van der Waals surface area contributed by atoms with E-state index in [0.29, 0.717) is 25.9 Å². The van der Waals surface area contributed by atoms with Gasteiger partial charge in [-0.15, -0.1) is 0 Å². The third-order valence-corrected chi connectivity index (χ3v) is 3.49. The van der Waals surface area contributed by atoms with Gasteiger partial charge in [0.25, 0.3) is 0 Å². The van der Waals surface area contributed by atoms with E-state index in [4.69, 9.17) is 10.00 Å². The molecule has 1 aliphatic heterocycles. The number of amides is 1. The van der Waals surface area contributed by atoms with Crippen LogP contribution in [0.2, 0.25) is 0 Å². The van der Waals surface area contributed by atoms with E-state index < -0.39 is 0 Å². The molecule has 4 nitrogen and oxygen atoms in total. The summed E-state index contributed by atoms with van der Waals surface area (Å²) in [5.41, 5.74) is 1.14. The normalized spacial score (nSPS) is 19.1. The zero-order valence-electron chi connectivity index (χ0n) is 11.1. The van der Waals surface area contributed by atoms with Crippen LogP contribution in [0, 0.1) is 17.2 Å². The molecular weight excluding hydrogens is 240 g/mol. The van der Waals surface area contributed by atoms with Gasteiger partial charge in [0.1, 0.15) is 5.75 Å². The Morgan fingerprint density at radius 1 is 1.53 bits per heavy atom. The van der Waals surface area contributed by atoms with Crippen molar-refractivity contribution >= 4 is 5.91 Å². The van der Waals surface area contributed by atoms with Crippen LogP contribution in [-0.2, 0) is 11.2 Å². The first kappa shape index (κ1) is 13.4. The number of piperidine rings is 1. The predicted octanol–water partition coefficient (Wildman–Crippen LogP) is 2.00. The fraction of sp³-hybridized carbons (Fsp3) is 0.467. The second-order valence-electron chi connectivity index (χ2n) is 4.81. The number of likely N-dealkylation sites (tertiary alicyclic amines) is 1. The number of carbonyl (C=O) groups excluding carboxylic acids is 1. The van der Waals surface area contributed by atoms with Crippen molar-refractivity contribution in [1.82, 2.24) is 4.90 Å². The lowest BCUT2D eigenvalue weighted by molar-refractivity contribution is -0.134. The van der Waals surface area contributed by atoms with Crippen LogP contribution < -0.4 is 4.74 Å². The molecule has 1 aromatic rings. The van der Waals surface area contributed by atoms with Gasteiger partial charge in [0.2, 0.25) is 5.91 Å². The number of nitrogens with zero attached hydrogens (tertiary/aromatic N) is 2. The molecule has 0 spiro atoms. The molecule has 1 amide bonds. The summed E-state index contributed by atoms with van der Waals surface area (Å²) >= 11 is 0. The Kier molecular flexibility index (Phi) is 4.40. The number of rotatable bonds is 4. The van der Waals surface area contributed by atoms with Crippen LogP contribution in [0.25, 0.3) is 0 Å². The number of methoxy groups -OCH3 is 1. The van der Waals surface area contributed by atoms with Crippen molar-refractivity contribution in [3.63, 3.8) is 0 Å². The molecule has 2 rings (SSSR count). The fourth-order valence-electron chi connectivity index (χ4n) is 2.33. The Hall–Kier alpha value is -2.02. The average Bonchev–Trinajstić information content (AvgIpc) is 2.46. The maximum absolute atomic E-state index is 11.8. The highest BCUT2D eigenvalue weighted by atomic mass is 16.5. The molecule has 19 heavy (non-hydrogen) atoms. The summed E-state index contributed by atoms with van der Waals surface area (Å²) in [6.07, 6.45) is 1.99. The lowest BCUT2D eigenvalue weighted by Crippen LogP contribution is -2.40. The summed E-state index contributed by atoms with van der Waals surface area (Å²) in [6.45, 7) is 1.24. The molecule has 0 radical (unpaired) electrons. The molecule has 1 aromatic carbocycles. The molecule has 1 fully saturated rings. The van der Waals surface area contributed by atoms with Crippen molar-refractivity contribution in [1.29, 1.82) is 5.26 Å². The molecule has 0 aliphatic carbocycles. The Morgan fingerprint density at radius 3 is 3.11 bits per heavy atom. The molecule has 1 saturated heterocycles. The van der Waals surface area contributed by atoms with Gasteiger partial charge in [-0.3, -0.25) is 4.79 Å². The molecule has 4 heteroatoms. The summed E-state index contributed by atoms with van der Waals surface area (Å²) < 4.78 is 5.18. The number of carbonyl (C=O) groups is 1. The van der Waals surface area contributed by atoms with Crippen LogP contribution in [0.4, 0.5) is 0 Å². The molecule has 0 aromatic heterocycles. The second kappa shape index (κ2) is 6.24. The minimum Gasteiger partial charge on any atom is -0.497 e. The van der Waals surface area contributed by atoms with Gasteiger partial charge in [-0.25, -0.2) is 0 Å². The van der Waals surface area contributed by atoms with Crippen molar-refractivity contribution in [2.24, 2.45) is 5.92 Å². The van der Waals surface area contributed by atoms with E-state index in [1.165, 1.54) is 0 Å². The summed E-state index contributed by atoms with van der Waals surface area (Å²) in [7, 11) is 1.64. The van der Waals surface area contributed by atoms with Crippen molar-refractivity contribution in [2.75, 3.05) is 20.2 Å². The minimum absolute atomic E-state index is 0.0111. The summed E-state index contributed by atoms with van der Waals surface area (Å²) in [6, 6.07) is 10.1. The summed E-state index contributed by atoms with van der Waals surface area (Å²) in [5, 5.41) is 8.94. The average molecular weight is 258 g/mol. The lowest BCUT2D eigenvalue weighted by atomic mass is 9.98. The first-order chi connectivity index (χ1) is 9.22. The minimum atomic E-state index is -0.0111. The summed E-state index contributed by atoms with van der Waals surface area (Å²) in [5.74, 6) is 0.981. The van der Waals surface area contributed by atoms with E-state index in [1.54, 1.807) is 12.0 Å². The molecule has 0 N–H and O–H groups in total. The van der Waals surface area contributed by atoms with E-state index in [9.17, 15) is 4.79 Å². The van der Waals surface area contributed by atoms with E-state index in [2.05, 4.69) is 6.07 Å². The van der Waals surface area contributed by atoms with Crippen LogP contribution in [0.3, 0.4) is 0 Å². The third-order valence-electron chi connectivity index (χ3n) is 3.49. The maximum Gasteiger partial charge on any atom is 0.222 e. The lowest BCUT2D eigenvalue weighted by Gasteiger charge is -2.29. The van der Waals surface area contributed by atoms with Crippen molar-refractivity contribution in [3.8, 4) is 11.8 Å². The van der Waals surface area contributed by atoms with E-state index in [-0.39, 0.29) is 11.8 Å². The molecule has 1 unspecified atom stereocenters. The molecule has 0 bridgehead atoms. The second-order valence-corrected chi connectivity index (χ2v) is 4.81. The zero-order valence-corrected chi connectivity index (χ0v) is 11.1. The van der Waals surface area contributed by atoms with Gasteiger partial charge >= 0.3 is 0 Å². The monoisotopic (exact) mass is 258 g/mol. The van der Waals surface area contributed by atoms with Crippen LogP contribution in [0.5, 0.6) is 5.75 Å². The highest BCUT2D eigenvalue weighted by Crippen LogP contribution is 2.18. The first-order valence-electron chi connectivity index (χ1n) is 6.53. The molecular formula is C15H18N2O2. The molecule has 1 atom stereocenters. The van der Waals surface area contributed by atoms with Gasteiger partial charge in [-0.1, -0.05) is 12.1 Å². The predicted molar refractivity (Wildman–Crippen MR) is 71.6 cm³/mol. The van der Waals surface area contributed by atoms with E-state index in [1.807, 2.05) is 24.3 Å².